The second-order valence-corrected chi connectivity index (χ2v) is 16.5. The lowest BCUT2D eigenvalue weighted by Crippen LogP contribution is -2.57. The number of nitrogens with one attached hydrogen (secondary N) is 3. The standard InChI is InChI=1S/C42H58N6O7S/c1-27-38(56-26-45-27)31-17-15-29(16-18-31)22-44-40(53)35-21-34(50)23-48(35)41(54)39(42(3,4)5)47-37(52)14-8-6-7-11-30-12-9-10-13-32(30)24-55-25-33(46-28(2)49)19-20-36(43)51/h9-10,12-13,15-18,26,33-35,39,50H,6-8,11,14,19-25H2,1-5H3,(H2,43,51)(H,44,53)(H,46,49)(H,47,52)/t33-,34+,35-,39+/m0/s1. The minimum absolute atomic E-state index is 0.0139. The molecular weight excluding hydrogens is 733 g/mol. The molecule has 4 atom stereocenters. The van der Waals surface area contributed by atoms with Gasteiger partial charge in [-0.25, -0.2) is 4.98 Å². The lowest BCUT2D eigenvalue weighted by atomic mass is 9.85. The number of hydrogen-bond acceptors (Lipinski definition) is 9. The van der Waals surface area contributed by atoms with Crippen LogP contribution in [0.3, 0.4) is 0 Å². The number of thiazole rings is 1. The number of carbonyl (C=O) groups excluding carboxylic acids is 5. The molecular formula is C42H58N6O7S. The van der Waals surface area contributed by atoms with E-state index in [1.54, 1.807) is 11.3 Å². The number of aliphatic hydroxyl groups excluding tert-OH is 1. The van der Waals surface area contributed by atoms with Crippen LogP contribution in [0, 0.1) is 12.3 Å². The summed E-state index contributed by atoms with van der Waals surface area (Å²) < 4.78 is 5.92. The molecule has 1 saturated heterocycles. The molecule has 56 heavy (non-hydrogen) atoms. The molecule has 1 fully saturated rings. The Kier molecular flexibility index (Phi) is 16.5. The number of hydrogen-bond donors (Lipinski definition) is 5. The third-order valence-corrected chi connectivity index (χ3v) is 10.9. The molecule has 0 unspecified atom stereocenters. The number of likely N-dealkylation sites (tertiary alicyclic amines) is 1. The number of aliphatic hydroxyl groups is 1. The number of β-amino-alcohol motifs (C(OH)–C–C–N with tert-alkyl or cyclic N) is 1. The van der Waals surface area contributed by atoms with Crippen LogP contribution < -0.4 is 21.7 Å². The molecule has 14 heteroatoms. The summed E-state index contributed by atoms with van der Waals surface area (Å²) >= 11 is 1.58. The van der Waals surface area contributed by atoms with Crippen LogP contribution in [0.2, 0.25) is 0 Å². The number of rotatable bonds is 20. The lowest BCUT2D eigenvalue weighted by molar-refractivity contribution is -0.144. The minimum Gasteiger partial charge on any atom is -0.391 e. The van der Waals surface area contributed by atoms with Gasteiger partial charge in [-0.2, -0.15) is 0 Å². The van der Waals surface area contributed by atoms with Gasteiger partial charge in [0.05, 0.1) is 41.4 Å². The average Bonchev–Trinajstić information content (AvgIpc) is 3.76. The van der Waals surface area contributed by atoms with Crippen molar-refractivity contribution in [2.45, 2.75) is 123 Å². The van der Waals surface area contributed by atoms with E-state index in [1.165, 1.54) is 11.8 Å². The number of nitrogens with zero attached hydrogens (tertiary/aromatic N) is 2. The average molecular weight is 791 g/mol. The largest absolute Gasteiger partial charge is 0.391 e. The number of carbonyl (C=O) groups is 5. The van der Waals surface area contributed by atoms with E-state index in [2.05, 4.69) is 27.0 Å². The number of primary amides is 1. The SMILES string of the molecule is CC(=O)N[C@@H](CCC(N)=O)COCc1ccccc1CCCCCC(=O)N[C@H](C(=O)N1C[C@H](O)C[C@H]1C(=O)NCc1ccc(-c2scnc2C)cc1)C(C)(C)C. The number of ether oxygens (including phenoxy) is 1. The summed E-state index contributed by atoms with van der Waals surface area (Å²) in [6.45, 7) is 9.90. The molecule has 2 heterocycles. The van der Waals surface area contributed by atoms with Crippen molar-refractivity contribution in [3.63, 3.8) is 0 Å². The van der Waals surface area contributed by atoms with Crippen LogP contribution in [-0.2, 0) is 48.3 Å². The molecule has 1 aromatic heterocycles. The predicted octanol–water partition coefficient (Wildman–Crippen LogP) is 4.32. The second-order valence-electron chi connectivity index (χ2n) is 15.7. The second kappa shape index (κ2) is 21.0. The number of aryl methyl sites for hydroxylation is 2. The van der Waals surface area contributed by atoms with Crippen LogP contribution >= 0.6 is 11.3 Å². The van der Waals surface area contributed by atoms with Gasteiger partial charge >= 0.3 is 0 Å². The maximum Gasteiger partial charge on any atom is 0.246 e. The van der Waals surface area contributed by atoms with Gasteiger partial charge in [-0.1, -0.05) is 75.7 Å². The first-order valence-electron chi connectivity index (χ1n) is 19.4. The molecule has 13 nitrogen and oxygen atoms in total. The summed E-state index contributed by atoms with van der Waals surface area (Å²) in [4.78, 5) is 70.2. The molecule has 304 valence electrons. The van der Waals surface area contributed by atoms with Crippen molar-refractivity contribution in [3.05, 3.63) is 76.4 Å². The van der Waals surface area contributed by atoms with Crippen molar-refractivity contribution in [2.24, 2.45) is 11.1 Å². The maximum atomic E-state index is 14.0. The zero-order valence-electron chi connectivity index (χ0n) is 33.3. The van der Waals surface area contributed by atoms with E-state index in [0.717, 1.165) is 52.1 Å². The number of nitrogens with two attached hydrogens (primary N) is 1. The van der Waals surface area contributed by atoms with Crippen molar-refractivity contribution in [1.29, 1.82) is 0 Å². The van der Waals surface area contributed by atoms with E-state index in [4.69, 9.17) is 10.5 Å². The molecule has 0 saturated carbocycles. The van der Waals surface area contributed by atoms with Gasteiger partial charge in [0.1, 0.15) is 12.1 Å². The van der Waals surface area contributed by atoms with Crippen LogP contribution in [-0.4, -0.2) is 81.9 Å². The van der Waals surface area contributed by atoms with Gasteiger partial charge in [0.2, 0.25) is 29.5 Å². The molecule has 0 radical (unpaired) electrons. The first-order valence-corrected chi connectivity index (χ1v) is 20.2. The first-order chi connectivity index (χ1) is 26.6. The smallest absolute Gasteiger partial charge is 0.246 e. The van der Waals surface area contributed by atoms with Gasteiger partial charge < -0.3 is 36.4 Å². The molecule has 3 aromatic rings. The third-order valence-electron chi connectivity index (χ3n) is 9.90. The van der Waals surface area contributed by atoms with Crippen LogP contribution in [0.4, 0.5) is 0 Å². The predicted molar refractivity (Wildman–Crippen MR) is 216 cm³/mol. The quantitative estimate of drug-likeness (QED) is 0.105. The topological polar surface area (TPSA) is 193 Å². The Morgan fingerprint density at radius 2 is 1.71 bits per heavy atom. The van der Waals surface area contributed by atoms with Gasteiger partial charge in [0, 0.05) is 39.3 Å². The fraction of sp³-hybridized carbons (Fsp3) is 0.524. The van der Waals surface area contributed by atoms with E-state index in [9.17, 15) is 29.1 Å². The number of unbranched alkanes of at least 4 members (excludes halogenated alkanes) is 2. The molecule has 0 bridgehead atoms. The summed E-state index contributed by atoms with van der Waals surface area (Å²) in [5, 5.41) is 19.2. The zero-order chi connectivity index (χ0) is 40.8. The first kappa shape index (κ1) is 44.1. The molecule has 6 N–H and O–H groups in total. The lowest BCUT2D eigenvalue weighted by Gasteiger charge is -2.35. The fourth-order valence-corrected chi connectivity index (χ4v) is 7.66. The Hall–Kier alpha value is -4.66. The van der Waals surface area contributed by atoms with Gasteiger partial charge in [-0.3, -0.25) is 24.0 Å². The highest BCUT2D eigenvalue weighted by atomic mass is 32.1. The Morgan fingerprint density at radius 1 is 1.00 bits per heavy atom. The number of aromatic nitrogens is 1. The molecule has 5 amide bonds. The highest BCUT2D eigenvalue weighted by Crippen LogP contribution is 2.28. The summed E-state index contributed by atoms with van der Waals surface area (Å²) in [6.07, 6.45) is 3.14. The van der Waals surface area contributed by atoms with Crippen LogP contribution in [0.5, 0.6) is 0 Å². The highest BCUT2D eigenvalue weighted by molar-refractivity contribution is 7.13. The van der Waals surface area contributed by atoms with E-state index in [0.29, 0.717) is 19.4 Å². The monoisotopic (exact) mass is 790 g/mol. The fourth-order valence-electron chi connectivity index (χ4n) is 6.85. The Balaban J connectivity index is 1.24. The number of amides is 5. The van der Waals surface area contributed by atoms with Crippen molar-refractivity contribution < 1.29 is 33.8 Å². The Labute approximate surface area is 334 Å². The van der Waals surface area contributed by atoms with E-state index in [1.807, 2.05) is 75.7 Å². The normalized spacial score (nSPS) is 16.6. The van der Waals surface area contributed by atoms with Gasteiger partial charge in [0.25, 0.3) is 0 Å². The third kappa shape index (κ3) is 13.5. The van der Waals surface area contributed by atoms with Crippen molar-refractivity contribution in [2.75, 3.05) is 13.2 Å². The van der Waals surface area contributed by atoms with E-state index >= 15 is 0 Å². The molecule has 2 aromatic carbocycles. The zero-order valence-corrected chi connectivity index (χ0v) is 34.1. The van der Waals surface area contributed by atoms with Crippen LogP contribution in [0.1, 0.15) is 95.0 Å². The molecule has 0 spiro atoms. The molecule has 0 aliphatic carbocycles. The van der Waals surface area contributed by atoms with Crippen molar-refractivity contribution in [3.8, 4) is 10.4 Å². The summed E-state index contributed by atoms with van der Waals surface area (Å²) in [5.41, 5.74) is 11.5. The van der Waals surface area contributed by atoms with Crippen LogP contribution in [0.25, 0.3) is 10.4 Å². The Morgan fingerprint density at radius 3 is 2.36 bits per heavy atom. The van der Waals surface area contributed by atoms with Gasteiger partial charge in [0.15, 0.2) is 0 Å². The maximum absolute atomic E-state index is 14.0. The molecule has 4 rings (SSSR count). The minimum atomic E-state index is -0.883. The molecule has 1 aliphatic rings. The summed E-state index contributed by atoms with van der Waals surface area (Å²) in [5.74, 6) is -1.61. The van der Waals surface area contributed by atoms with Crippen molar-refractivity contribution >= 4 is 40.9 Å². The van der Waals surface area contributed by atoms with Crippen molar-refractivity contribution in [1.82, 2.24) is 25.8 Å². The van der Waals surface area contributed by atoms with Crippen LogP contribution in [0.15, 0.2) is 54.0 Å². The van der Waals surface area contributed by atoms with E-state index < -0.39 is 29.5 Å². The Bertz CT molecular complexity index is 1790. The van der Waals surface area contributed by atoms with Gasteiger partial charge in [-0.15, -0.1) is 11.3 Å². The summed E-state index contributed by atoms with van der Waals surface area (Å²) in [6, 6.07) is 13.8. The molecule has 1 aliphatic heterocycles. The highest BCUT2D eigenvalue weighted by Gasteiger charge is 2.44. The van der Waals surface area contributed by atoms with E-state index in [-0.39, 0.29) is 68.6 Å². The van der Waals surface area contributed by atoms with Gasteiger partial charge in [-0.05, 0) is 60.3 Å². The summed E-state index contributed by atoms with van der Waals surface area (Å²) in [7, 11) is 0. The number of benzene rings is 2.